The Morgan fingerprint density at radius 3 is 2.90 bits per heavy atom. The van der Waals surface area contributed by atoms with E-state index in [1.807, 2.05) is 0 Å². The van der Waals surface area contributed by atoms with Gasteiger partial charge in [-0.05, 0) is 29.8 Å². The monoisotopic (exact) mass is 287 g/mol. The van der Waals surface area contributed by atoms with E-state index < -0.39 is 5.91 Å². The van der Waals surface area contributed by atoms with Crippen LogP contribution in [-0.4, -0.2) is 16.1 Å². The van der Waals surface area contributed by atoms with Crippen LogP contribution in [0.15, 0.2) is 51.5 Å². The van der Waals surface area contributed by atoms with Crippen molar-refractivity contribution >= 4 is 5.91 Å². The molecule has 106 valence electrons. The molecular formula is C14H10FN3O3. The van der Waals surface area contributed by atoms with E-state index in [4.69, 9.17) is 8.83 Å². The van der Waals surface area contributed by atoms with Gasteiger partial charge in [0, 0.05) is 6.54 Å². The van der Waals surface area contributed by atoms with Crippen LogP contribution in [0.3, 0.4) is 0 Å². The first kappa shape index (κ1) is 13.0. The zero-order valence-corrected chi connectivity index (χ0v) is 10.7. The molecule has 7 heteroatoms. The predicted octanol–water partition coefficient (Wildman–Crippen LogP) is 2.40. The number of carbonyl (C=O) groups is 1. The molecule has 0 aliphatic rings. The lowest BCUT2D eigenvalue weighted by Gasteiger charge is -2.02. The Hall–Kier alpha value is -2.96. The Morgan fingerprint density at radius 2 is 2.14 bits per heavy atom. The van der Waals surface area contributed by atoms with Gasteiger partial charge in [0.05, 0.1) is 6.26 Å². The van der Waals surface area contributed by atoms with Gasteiger partial charge < -0.3 is 14.2 Å². The van der Waals surface area contributed by atoms with Gasteiger partial charge in [-0.3, -0.25) is 4.79 Å². The molecule has 1 aromatic carbocycles. The van der Waals surface area contributed by atoms with E-state index in [0.29, 0.717) is 11.3 Å². The van der Waals surface area contributed by atoms with Gasteiger partial charge in [0.25, 0.3) is 5.89 Å². The zero-order valence-electron chi connectivity index (χ0n) is 10.7. The fraction of sp³-hybridized carbons (Fsp3) is 0.0714. The van der Waals surface area contributed by atoms with Crippen molar-refractivity contribution in [3.05, 3.63) is 59.9 Å². The van der Waals surface area contributed by atoms with Crippen molar-refractivity contribution in [1.29, 1.82) is 0 Å². The van der Waals surface area contributed by atoms with Gasteiger partial charge in [0.15, 0.2) is 5.76 Å². The smallest absolute Gasteiger partial charge is 0.309 e. The highest BCUT2D eigenvalue weighted by Crippen LogP contribution is 2.17. The molecule has 0 radical (unpaired) electrons. The molecule has 0 saturated heterocycles. The first-order valence-corrected chi connectivity index (χ1v) is 6.12. The molecule has 0 saturated carbocycles. The summed E-state index contributed by atoms with van der Waals surface area (Å²) in [6.07, 6.45) is 1.46. The minimum absolute atomic E-state index is 0.121. The molecule has 0 bridgehead atoms. The SMILES string of the molecule is O=C(NCc1cccc(F)c1)c1nnc(-c2ccco2)o1. The molecule has 0 unspecified atom stereocenters. The summed E-state index contributed by atoms with van der Waals surface area (Å²) < 4.78 is 23.3. The minimum atomic E-state index is -0.537. The second kappa shape index (κ2) is 5.58. The summed E-state index contributed by atoms with van der Waals surface area (Å²) in [5.41, 5.74) is 0.633. The van der Waals surface area contributed by atoms with Crippen LogP contribution in [0, 0.1) is 5.82 Å². The number of hydrogen-bond donors (Lipinski definition) is 1. The van der Waals surface area contributed by atoms with Crippen molar-refractivity contribution in [3.63, 3.8) is 0 Å². The maximum atomic E-state index is 13.0. The Labute approximate surface area is 118 Å². The molecule has 0 fully saturated rings. The van der Waals surface area contributed by atoms with Gasteiger partial charge in [0.1, 0.15) is 5.82 Å². The lowest BCUT2D eigenvalue weighted by atomic mass is 10.2. The number of aromatic nitrogens is 2. The molecule has 0 spiro atoms. The zero-order chi connectivity index (χ0) is 14.7. The molecule has 0 aliphatic carbocycles. The highest BCUT2D eigenvalue weighted by atomic mass is 19.1. The van der Waals surface area contributed by atoms with Gasteiger partial charge in [-0.2, -0.15) is 0 Å². The van der Waals surface area contributed by atoms with E-state index >= 15 is 0 Å². The second-order valence-electron chi connectivity index (χ2n) is 4.20. The van der Waals surface area contributed by atoms with E-state index in [1.165, 1.54) is 18.4 Å². The van der Waals surface area contributed by atoms with Gasteiger partial charge in [-0.25, -0.2) is 4.39 Å². The summed E-state index contributed by atoms with van der Waals surface area (Å²) in [5.74, 6) is -0.579. The van der Waals surface area contributed by atoms with Crippen molar-refractivity contribution < 1.29 is 18.0 Å². The van der Waals surface area contributed by atoms with E-state index in [0.717, 1.165) is 0 Å². The number of carbonyl (C=O) groups excluding carboxylic acids is 1. The average molecular weight is 287 g/mol. The molecule has 3 aromatic rings. The molecule has 6 nitrogen and oxygen atoms in total. The number of hydrogen-bond acceptors (Lipinski definition) is 5. The third-order valence-electron chi connectivity index (χ3n) is 2.69. The number of nitrogens with one attached hydrogen (secondary N) is 1. The normalized spacial score (nSPS) is 10.5. The summed E-state index contributed by atoms with van der Waals surface area (Å²) in [5, 5.41) is 9.93. The molecule has 1 amide bonds. The maximum absolute atomic E-state index is 13.0. The minimum Gasteiger partial charge on any atom is -0.459 e. The van der Waals surface area contributed by atoms with Crippen LogP contribution in [-0.2, 0) is 6.54 Å². The van der Waals surface area contributed by atoms with E-state index in [-0.39, 0.29) is 24.1 Å². The highest BCUT2D eigenvalue weighted by Gasteiger charge is 2.16. The topological polar surface area (TPSA) is 81.2 Å². The third-order valence-corrected chi connectivity index (χ3v) is 2.69. The van der Waals surface area contributed by atoms with Crippen LogP contribution in [0.5, 0.6) is 0 Å². The summed E-state index contributed by atoms with van der Waals surface area (Å²) in [6, 6.07) is 9.25. The van der Waals surface area contributed by atoms with E-state index in [2.05, 4.69) is 15.5 Å². The molecule has 2 heterocycles. The molecule has 2 aromatic heterocycles. The van der Waals surface area contributed by atoms with Crippen molar-refractivity contribution in [2.75, 3.05) is 0 Å². The number of halogens is 1. The average Bonchev–Trinajstić information content (AvgIpc) is 3.15. The number of rotatable bonds is 4. The lowest BCUT2D eigenvalue weighted by molar-refractivity contribution is 0.0916. The van der Waals surface area contributed by atoms with Crippen LogP contribution >= 0.6 is 0 Å². The first-order valence-electron chi connectivity index (χ1n) is 6.12. The largest absolute Gasteiger partial charge is 0.459 e. The number of nitrogens with zero attached hydrogens (tertiary/aromatic N) is 2. The van der Waals surface area contributed by atoms with Crippen LogP contribution in [0.1, 0.15) is 16.2 Å². The Balaban J connectivity index is 1.66. The van der Waals surface area contributed by atoms with Crippen LogP contribution < -0.4 is 5.32 Å². The highest BCUT2D eigenvalue weighted by molar-refractivity contribution is 5.89. The van der Waals surface area contributed by atoms with Crippen LogP contribution in [0.4, 0.5) is 4.39 Å². The maximum Gasteiger partial charge on any atom is 0.309 e. The lowest BCUT2D eigenvalue weighted by Crippen LogP contribution is -2.23. The Bertz CT molecular complexity index is 752. The molecule has 21 heavy (non-hydrogen) atoms. The Morgan fingerprint density at radius 1 is 1.24 bits per heavy atom. The van der Waals surface area contributed by atoms with Crippen molar-refractivity contribution in [1.82, 2.24) is 15.5 Å². The third kappa shape index (κ3) is 2.97. The molecule has 0 aliphatic heterocycles. The second-order valence-corrected chi connectivity index (χ2v) is 4.20. The van der Waals surface area contributed by atoms with E-state index in [1.54, 1.807) is 24.3 Å². The molecule has 0 atom stereocenters. The summed E-state index contributed by atoms with van der Waals surface area (Å²) in [6.45, 7) is 0.162. The first-order chi connectivity index (χ1) is 10.2. The van der Waals surface area contributed by atoms with Crippen molar-refractivity contribution in [2.24, 2.45) is 0 Å². The Kier molecular flexibility index (Phi) is 3.46. The van der Waals surface area contributed by atoms with Crippen LogP contribution in [0.25, 0.3) is 11.7 Å². The van der Waals surface area contributed by atoms with Gasteiger partial charge in [-0.1, -0.05) is 12.1 Å². The standard InChI is InChI=1S/C14H10FN3O3/c15-10-4-1-3-9(7-10)8-16-12(19)14-18-17-13(21-14)11-5-2-6-20-11/h1-7H,8H2,(H,16,19). The number of furan rings is 1. The van der Waals surface area contributed by atoms with E-state index in [9.17, 15) is 9.18 Å². The fourth-order valence-electron chi connectivity index (χ4n) is 1.72. The number of amides is 1. The summed E-state index contributed by atoms with van der Waals surface area (Å²) >= 11 is 0. The summed E-state index contributed by atoms with van der Waals surface area (Å²) in [7, 11) is 0. The van der Waals surface area contributed by atoms with Crippen molar-refractivity contribution in [3.8, 4) is 11.7 Å². The molecule has 1 N–H and O–H groups in total. The fourth-order valence-corrected chi connectivity index (χ4v) is 1.72. The predicted molar refractivity (Wildman–Crippen MR) is 69.6 cm³/mol. The number of benzene rings is 1. The summed E-state index contributed by atoms with van der Waals surface area (Å²) in [4.78, 5) is 11.9. The van der Waals surface area contributed by atoms with Gasteiger partial charge >= 0.3 is 11.8 Å². The molecule has 3 rings (SSSR count). The van der Waals surface area contributed by atoms with Gasteiger partial charge in [-0.15, -0.1) is 10.2 Å². The van der Waals surface area contributed by atoms with Gasteiger partial charge in [0.2, 0.25) is 0 Å². The van der Waals surface area contributed by atoms with Crippen LogP contribution in [0.2, 0.25) is 0 Å². The quantitative estimate of drug-likeness (QED) is 0.796. The van der Waals surface area contributed by atoms with Crippen molar-refractivity contribution in [2.45, 2.75) is 6.54 Å². The molecular weight excluding hydrogens is 277 g/mol.